The topological polar surface area (TPSA) is 71.3 Å². The van der Waals surface area contributed by atoms with E-state index >= 15 is 0 Å². The standard InChI is InChI=1S/C14H19N5O2/c20-13(10-3-4-10)18-7-11(8-18)19-9-12(15-16-19)14(21)17-5-1-2-6-17/h9-11H,1-8H2. The van der Waals surface area contributed by atoms with E-state index in [-0.39, 0.29) is 23.8 Å². The van der Waals surface area contributed by atoms with Crippen molar-refractivity contribution < 1.29 is 9.59 Å². The first-order valence-electron chi connectivity index (χ1n) is 7.72. The second-order valence-electron chi connectivity index (χ2n) is 6.25. The van der Waals surface area contributed by atoms with Gasteiger partial charge in [-0.25, -0.2) is 4.68 Å². The normalized spacial score (nSPS) is 22.5. The maximum absolute atomic E-state index is 12.2. The van der Waals surface area contributed by atoms with Gasteiger partial charge in [0.25, 0.3) is 5.91 Å². The van der Waals surface area contributed by atoms with Gasteiger partial charge in [-0.3, -0.25) is 9.59 Å². The third-order valence-corrected chi connectivity index (χ3v) is 4.60. The fourth-order valence-corrected chi connectivity index (χ4v) is 3.03. The highest BCUT2D eigenvalue weighted by molar-refractivity contribution is 5.92. The summed E-state index contributed by atoms with van der Waals surface area (Å²) in [6, 6.07) is 0.167. The molecule has 2 amide bonds. The quantitative estimate of drug-likeness (QED) is 0.803. The fourth-order valence-electron chi connectivity index (χ4n) is 3.03. The highest BCUT2D eigenvalue weighted by Gasteiger charge is 2.40. The minimum Gasteiger partial charge on any atom is -0.338 e. The molecule has 0 bridgehead atoms. The summed E-state index contributed by atoms with van der Waals surface area (Å²) in [4.78, 5) is 27.8. The predicted molar refractivity (Wildman–Crippen MR) is 73.5 cm³/mol. The van der Waals surface area contributed by atoms with Crippen molar-refractivity contribution in [3.8, 4) is 0 Å². The molecule has 0 atom stereocenters. The average molecular weight is 289 g/mol. The van der Waals surface area contributed by atoms with Crippen molar-refractivity contribution in [1.82, 2.24) is 24.8 Å². The molecule has 1 aliphatic carbocycles. The largest absolute Gasteiger partial charge is 0.338 e. The summed E-state index contributed by atoms with van der Waals surface area (Å²) in [6.45, 7) is 3.02. The maximum Gasteiger partial charge on any atom is 0.276 e. The van der Waals surface area contributed by atoms with E-state index in [0.717, 1.165) is 38.8 Å². The molecule has 3 aliphatic rings. The van der Waals surface area contributed by atoms with Crippen molar-refractivity contribution in [1.29, 1.82) is 0 Å². The Morgan fingerprint density at radius 2 is 1.81 bits per heavy atom. The monoisotopic (exact) mass is 289 g/mol. The second-order valence-corrected chi connectivity index (χ2v) is 6.25. The van der Waals surface area contributed by atoms with E-state index in [0.29, 0.717) is 18.8 Å². The number of aromatic nitrogens is 3. The summed E-state index contributed by atoms with van der Waals surface area (Å²) in [5, 5.41) is 8.07. The molecule has 7 nitrogen and oxygen atoms in total. The van der Waals surface area contributed by atoms with Gasteiger partial charge in [-0.2, -0.15) is 0 Å². The van der Waals surface area contributed by atoms with Crippen molar-refractivity contribution in [2.24, 2.45) is 5.92 Å². The molecule has 7 heteroatoms. The van der Waals surface area contributed by atoms with E-state index in [1.165, 1.54) is 0 Å². The van der Waals surface area contributed by atoms with Crippen LogP contribution in [0.4, 0.5) is 0 Å². The van der Waals surface area contributed by atoms with Gasteiger partial charge in [0.1, 0.15) is 0 Å². The van der Waals surface area contributed by atoms with Crippen LogP contribution in [0.25, 0.3) is 0 Å². The molecule has 0 radical (unpaired) electrons. The smallest absolute Gasteiger partial charge is 0.276 e. The molecule has 0 N–H and O–H groups in total. The lowest BCUT2D eigenvalue weighted by Gasteiger charge is -2.39. The molecule has 4 rings (SSSR count). The summed E-state index contributed by atoms with van der Waals surface area (Å²) in [7, 11) is 0. The Bertz CT molecular complexity index is 568. The van der Waals surface area contributed by atoms with Crippen LogP contribution in [0.15, 0.2) is 6.20 Å². The van der Waals surface area contributed by atoms with Crippen molar-refractivity contribution >= 4 is 11.8 Å². The van der Waals surface area contributed by atoms with E-state index in [2.05, 4.69) is 10.3 Å². The Kier molecular flexibility index (Phi) is 2.94. The highest BCUT2D eigenvalue weighted by Crippen LogP contribution is 2.34. The predicted octanol–water partition coefficient (Wildman–Crippen LogP) is 0.307. The Morgan fingerprint density at radius 1 is 1.10 bits per heavy atom. The number of likely N-dealkylation sites (tertiary alicyclic amines) is 2. The van der Waals surface area contributed by atoms with Crippen LogP contribution >= 0.6 is 0 Å². The zero-order valence-corrected chi connectivity index (χ0v) is 11.9. The average Bonchev–Trinajstić information content (AvgIpc) is 2.96. The zero-order chi connectivity index (χ0) is 14.4. The van der Waals surface area contributed by atoms with Gasteiger partial charge in [0.2, 0.25) is 5.91 Å². The first-order chi connectivity index (χ1) is 10.2. The van der Waals surface area contributed by atoms with Gasteiger partial charge in [-0.1, -0.05) is 5.21 Å². The Balaban J connectivity index is 1.37. The van der Waals surface area contributed by atoms with Gasteiger partial charge >= 0.3 is 0 Å². The van der Waals surface area contributed by atoms with Crippen molar-refractivity contribution in [2.45, 2.75) is 31.7 Å². The molecule has 0 spiro atoms. The first-order valence-corrected chi connectivity index (χ1v) is 7.72. The Hall–Kier alpha value is -1.92. The zero-order valence-electron chi connectivity index (χ0n) is 11.9. The Morgan fingerprint density at radius 3 is 2.48 bits per heavy atom. The molecule has 1 saturated carbocycles. The molecule has 3 heterocycles. The minimum absolute atomic E-state index is 0.0241. The molecule has 1 aromatic heterocycles. The molecule has 112 valence electrons. The van der Waals surface area contributed by atoms with E-state index in [4.69, 9.17) is 0 Å². The molecule has 2 saturated heterocycles. The van der Waals surface area contributed by atoms with Crippen molar-refractivity contribution in [3.63, 3.8) is 0 Å². The molecular weight excluding hydrogens is 270 g/mol. The summed E-state index contributed by atoms with van der Waals surface area (Å²) in [6.07, 6.45) is 5.95. The van der Waals surface area contributed by atoms with Crippen LogP contribution in [0.5, 0.6) is 0 Å². The van der Waals surface area contributed by atoms with E-state index in [1.807, 2.05) is 9.80 Å². The van der Waals surface area contributed by atoms with Crippen LogP contribution in [0.2, 0.25) is 0 Å². The van der Waals surface area contributed by atoms with Crippen LogP contribution in [0.1, 0.15) is 42.2 Å². The van der Waals surface area contributed by atoms with E-state index in [1.54, 1.807) is 10.9 Å². The van der Waals surface area contributed by atoms with Gasteiger partial charge in [0.15, 0.2) is 5.69 Å². The van der Waals surface area contributed by atoms with Crippen LogP contribution in [0, 0.1) is 5.92 Å². The van der Waals surface area contributed by atoms with Crippen LogP contribution in [-0.2, 0) is 4.79 Å². The third kappa shape index (κ3) is 2.30. The van der Waals surface area contributed by atoms with Crippen LogP contribution < -0.4 is 0 Å². The fraction of sp³-hybridized carbons (Fsp3) is 0.714. The maximum atomic E-state index is 12.2. The molecule has 3 fully saturated rings. The number of carbonyl (C=O) groups excluding carboxylic acids is 2. The van der Waals surface area contributed by atoms with Crippen molar-refractivity contribution in [3.05, 3.63) is 11.9 Å². The Labute approximate surface area is 122 Å². The molecule has 1 aromatic rings. The summed E-state index contributed by atoms with van der Waals surface area (Å²) < 4.78 is 1.74. The summed E-state index contributed by atoms with van der Waals surface area (Å²) in [5.74, 6) is 0.526. The first kappa shape index (κ1) is 12.8. The van der Waals surface area contributed by atoms with Crippen LogP contribution in [0.3, 0.4) is 0 Å². The number of rotatable bonds is 3. The lowest BCUT2D eigenvalue weighted by molar-refractivity contribution is -0.138. The third-order valence-electron chi connectivity index (χ3n) is 4.60. The number of amides is 2. The lowest BCUT2D eigenvalue weighted by atomic mass is 10.1. The number of hydrogen-bond donors (Lipinski definition) is 0. The van der Waals surface area contributed by atoms with Crippen LogP contribution in [-0.4, -0.2) is 62.8 Å². The summed E-state index contributed by atoms with van der Waals surface area (Å²) >= 11 is 0. The van der Waals surface area contributed by atoms with Crippen molar-refractivity contribution in [2.75, 3.05) is 26.2 Å². The van der Waals surface area contributed by atoms with Gasteiger partial charge in [0, 0.05) is 32.1 Å². The van der Waals surface area contributed by atoms with E-state index in [9.17, 15) is 9.59 Å². The molecular formula is C14H19N5O2. The highest BCUT2D eigenvalue weighted by atomic mass is 16.2. The van der Waals surface area contributed by atoms with Gasteiger partial charge in [-0.05, 0) is 25.7 Å². The van der Waals surface area contributed by atoms with Gasteiger partial charge in [0.05, 0.1) is 12.2 Å². The second kappa shape index (κ2) is 4.82. The summed E-state index contributed by atoms with van der Waals surface area (Å²) in [5.41, 5.74) is 0.420. The molecule has 2 aliphatic heterocycles. The number of carbonyl (C=O) groups is 2. The molecule has 0 aromatic carbocycles. The van der Waals surface area contributed by atoms with Gasteiger partial charge in [-0.15, -0.1) is 5.10 Å². The number of nitrogens with zero attached hydrogens (tertiary/aromatic N) is 5. The SMILES string of the molecule is O=C(c1cn(C2CN(C(=O)C3CC3)C2)nn1)N1CCCC1. The van der Waals surface area contributed by atoms with E-state index < -0.39 is 0 Å². The van der Waals surface area contributed by atoms with Gasteiger partial charge < -0.3 is 9.80 Å². The minimum atomic E-state index is -0.0241. The molecule has 0 unspecified atom stereocenters. The molecule has 21 heavy (non-hydrogen) atoms. The number of hydrogen-bond acceptors (Lipinski definition) is 4. The lowest BCUT2D eigenvalue weighted by Crippen LogP contribution is -2.51.